The van der Waals surface area contributed by atoms with E-state index < -0.39 is 0 Å². The molecule has 0 atom stereocenters. The normalized spacial score (nSPS) is 21.2. The number of ether oxygens (including phenoxy) is 1. The van der Waals surface area contributed by atoms with Crippen molar-refractivity contribution in [2.45, 2.75) is 50.5 Å². The molecule has 3 nitrogen and oxygen atoms in total. The third-order valence-corrected chi connectivity index (χ3v) is 5.39. The number of benzene rings is 1. The summed E-state index contributed by atoms with van der Waals surface area (Å²) in [6, 6.07) is 6.41. The van der Waals surface area contributed by atoms with E-state index in [2.05, 4.69) is 28.5 Å². The highest BCUT2D eigenvalue weighted by atomic mass is 16.5. The molecule has 112 valence electrons. The quantitative estimate of drug-likeness (QED) is 0.834. The Morgan fingerprint density at radius 3 is 2.67 bits per heavy atom. The highest BCUT2D eigenvalue weighted by Gasteiger charge is 2.38. The summed E-state index contributed by atoms with van der Waals surface area (Å²) >= 11 is 0. The first-order valence-corrected chi connectivity index (χ1v) is 8.26. The summed E-state index contributed by atoms with van der Waals surface area (Å²) in [5.74, 6) is 0.956. The standard InChI is InChI=1S/C18H24N2O/c1-21-13-6-7-16-15(12-13)14-8-11-19-18(17(14)20-16)9-4-2-3-5-10-18/h6-7,12,19-20H,2-5,8-11H2,1H3. The topological polar surface area (TPSA) is 37.0 Å². The number of nitrogens with one attached hydrogen (secondary N) is 2. The maximum Gasteiger partial charge on any atom is 0.119 e. The summed E-state index contributed by atoms with van der Waals surface area (Å²) in [4.78, 5) is 3.74. The Morgan fingerprint density at radius 1 is 1.10 bits per heavy atom. The molecule has 2 aliphatic rings. The summed E-state index contributed by atoms with van der Waals surface area (Å²) < 4.78 is 5.41. The lowest BCUT2D eigenvalue weighted by Gasteiger charge is -2.38. The van der Waals surface area contributed by atoms with E-state index in [1.54, 1.807) is 7.11 Å². The first-order valence-electron chi connectivity index (χ1n) is 8.26. The number of hydrogen-bond donors (Lipinski definition) is 2. The van der Waals surface area contributed by atoms with Gasteiger partial charge in [-0.05, 0) is 43.0 Å². The van der Waals surface area contributed by atoms with Crippen LogP contribution in [0.4, 0.5) is 0 Å². The first-order chi connectivity index (χ1) is 10.3. The van der Waals surface area contributed by atoms with E-state index in [0.29, 0.717) is 0 Å². The van der Waals surface area contributed by atoms with Crippen LogP contribution in [-0.2, 0) is 12.0 Å². The van der Waals surface area contributed by atoms with Crippen LogP contribution in [0.15, 0.2) is 18.2 Å². The minimum atomic E-state index is 0.191. The molecule has 1 spiro atoms. The van der Waals surface area contributed by atoms with Gasteiger partial charge in [0.05, 0.1) is 12.6 Å². The average Bonchev–Trinajstić information content (AvgIpc) is 2.74. The molecule has 4 rings (SSSR count). The molecule has 0 amide bonds. The molecule has 2 aromatic rings. The van der Waals surface area contributed by atoms with Crippen LogP contribution >= 0.6 is 0 Å². The van der Waals surface area contributed by atoms with Crippen molar-refractivity contribution < 1.29 is 4.74 Å². The van der Waals surface area contributed by atoms with Gasteiger partial charge in [-0.15, -0.1) is 0 Å². The molecule has 1 fully saturated rings. The van der Waals surface area contributed by atoms with Crippen LogP contribution in [-0.4, -0.2) is 18.6 Å². The molecule has 1 aromatic heterocycles. The van der Waals surface area contributed by atoms with Gasteiger partial charge >= 0.3 is 0 Å². The Balaban J connectivity index is 1.87. The number of fused-ring (bicyclic) bond motifs is 4. The molecular weight excluding hydrogens is 260 g/mol. The summed E-state index contributed by atoms with van der Waals surface area (Å²) in [6.07, 6.45) is 9.09. The number of methoxy groups -OCH3 is 1. The molecule has 0 unspecified atom stereocenters. The van der Waals surface area contributed by atoms with Crippen molar-refractivity contribution in [1.29, 1.82) is 0 Å². The lowest BCUT2D eigenvalue weighted by molar-refractivity contribution is 0.270. The fraction of sp³-hybridized carbons (Fsp3) is 0.556. The van der Waals surface area contributed by atoms with Gasteiger partial charge in [0.15, 0.2) is 0 Å². The van der Waals surface area contributed by atoms with Gasteiger partial charge in [-0.25, -0.2) is 0 Å². The van der Waals surface area contributed by atoms with Crippen LogP contribution < -0.4 is 10.1 Å². The molecule has 1 aliphatic heterocycles. The molecule has 1 aromatic carbocycles. The van der Waals surface area contributed by atoms with E-state index >= 15 is 0 Å². The van der Waals surface area contributed by atoms with Crippen molar-refractivity contribution in [3.63, 3.8) is 0 Å². The summed E-state index contributed by atoms with van der Waals surface area (Å²) in [6.45, 7) is 1.09. The highest BCUT2D eigenvalue weighted by molar-refractivity contribution is 5.86. The molecule has 0 bridgehead atoms. The Kier molecular flexibility index (Phi) is 3.18. The van der Waals surface area contributed by atoms with Gasteiger partial charge < -0.3 is 15.0 Å². The van der Waals surface area contributed by atoms with E-state index in [4.69, 9.17) is 4.74 Å². The van der Waals surface area contributed by atoms with Crippen LogP contribution in [0, 0.1) is 0 Å². The molecule has 3 heteroatoms. The zero-order valence-corrected chi connectivity index (χ0v) is 12.8. The van der Waals surface area contributed by atoms with Crippen molar-refractivity contribution >= 4 is 10.9 Å². The van der Waals surface area contributed by atoms with Crippen LogP contribution in [0.2, 0.25) is 0 Å². The fourth-order valence-electron chi connectivity index (χ4n) is 4.30. The Morgan fingerprint density at radius 2 is 1.90 bits per heavy atom. The van der Waals surface area contributed by atoms with E-state index in [1.807, 2.05) is 0 Å². The number of aromatic nitrogens is 1. The smallest absolute Gasteiger partial charge is 0.119 e. The zero-order chi connectivity index (χ0) is 14.3. The third-order valence-electron chi connectivity index (χ3n) is 5.39. The summed E-state index contributed by atoms with van der Waals surface area (Å²) in [5.41, 5.74) is 4.42. The molecular formula is C18H24N2O. The van der Waals surface area contributed by atoms with Crippen molar-refractivity contribution in [3.05, 3.63) is 29.5 Å². The van der Waals surface area contributed by atoms with E-state index in [1.165, 1.54) is 60.7 Å². The van der Waals surface area contributed by atoms with Crippen molar-refractivity contribution in [2.75, 3.05) is 13.7 Å². The minimum absolute atomic E-state index is 0.191. The maximum atomic E-state index is 5.41. The van der Waals surface area contributed by atoms with Gasteiger partial charge in [0.25, 0.3) is 0 Å². The van der Waals surface area contributed by atoms with Crippen LogP contribution in [0.1, 0.15) is 49.8 Å². The lowest BCUT2D eigenvalue weighted by atomic mass is 9.81. The monoisotopic (exact) mass is 284 g/mol. The SMILES string of the molecule is COc1ccc2[nH]c3c(c2c1)CCNC31CCCCCC1. The molecule has 2 heterocycles. The van der Waals surface area contributed by atoms with Crippen LogP contribution in [0.3, 0.4) is 0 Å². The van der Waals surface area contributed by atoms with Crippen LogP contribution in [0.25, 0.3) is 10.9 Å². The fourth-order valence-corrected chi connectivity index (χ4v) is 4.30. The zero-order valence-electron chi connectivity index (χ0n) is 12.8. The minimum Gasteiger partial charge on any atom is -0.497 e. The van der Waals surface area contributed by atoms with E-state index in [0.717, 1.165) is 18.7 Å². The summed E-state index contributed by atoms with van der Waals surface area (Å²) in [5, 5.41) is 5.21. The van der Waals surface area contributed by atoms with Gasteiger partial charge in [-0.2, -0.15) is 0 Å². The molecule has 1 saturated carbocycles. The largest absolute Gasteiger partial charge is 0.497 e. The lowest BCUT2D eigenvalue weighted by Crippen LogP contribution is -2.47. The van der Waals surface area contributed by atoms with Gasteiger partial charge in [0, 0.05) is 23.1 Å². The van der Waals surface area contributed by atoms with Gasteiger partial charge in [-0.3, -0.25) is 0 Å². The Labute approximate surface area is 126 Å². The van der Waals surface area contributed by atoms with Gasteiger partial charge in [-0.1, -0.05) is 25.7 Å². The second-order valence-corrected chi connectivity index (χ2v) is 6.56. The van der Waals surface area contributed by atoms with Crippen molar-refractivity contribution in [3.8, 4) is 5.75 Å². The van der Waals surface area contributed by atoms with Crippen molar-refractivity contribution in [1.82, 2.24) is 10.3 Å². The number of aromatic amines is 1. The second-order valence-electron chi connectivity index (χ2n) is 6.56. The predicted molar refractivity (Wildman–Crippen MR) is 85.9 cm³/mol. The second kappa shape index (κ2) is 5.06. The van der Waals surface area contributed by atoms with E-state index in [-0.39, 0.29) is 5.54 Å². The van der Waals surface area contributed by atoms with E-state index in [9.17, 15) is 0 Å². The predicted octanol–water partition coefficient (Wildman–Crippen LogP) is 3.87. The molecule has 0 saturated heterocycles. The van der Waals surface area contributed by atoms with Gasteiger partial charge in [0.2, 0.25) is 0 Å². The number of rotatable bonds is 1. The van der Waals surface area contributed by atoms with Crippen LogP contribution in [0.5, 0.6) is 5.75 Å². The molecule has 0 radical (unpaired) electrons. The first kappa shape index (κ1) is 13.2. The number of H-pyrrole nitrogens is 1. The third kappa shape index (κ3) is 2.06. The maximum absolute atomic E-state index is 5.41. The Bertz CT molecular complexity index is 651. The molecule has 21 heavy (non-hydrogen) atoms. The summed E-state index contributed by atoms with van der Waals surface area (Å²) in [7, 11) is 1.74. The number of hydrogen-bond acceptors (Lipinski definition) is 2. The van der Waals surface area contributed by atoms with Crippen molar-refractivity contribution in [2.24, 2.45) is 0 Å². The average molecular weight is 284 g/mol. The molecule has 2 N–H and O–H groups in total. The van der Waals surface area contributed by atoms with Gasteiger partial charge in [0.1, 0.15) is 5.75 Å². The molecule has 1 aliphatic carbocycles. The Hall–Kier alpha value is -1.48. The highest BCUT2D eigenvalue weighted by Crippen LogP contribution is 2.42.